The van der Waals surface area contributed by atoms with E-state index >= 15 is 0 Å². The molecule has 0 aromatic heterocycles. The van der Waals surface area contributed by atoms with Crippen LogP contribution in [0.5, 0.6) is 0 Å². The largest absolute Gasteiger partial charge is 0.390 e. The molecule has 0 aliphatic heterocycles. The van der Waals surface area contributed by atoms with Gasteiger partial charge in [0, 0.05) is 5.56 Å². The van der Waals surface area contributed by atoms with Gasteiger partial charge in [-0.2, -0.15) is 0 Å². The Hall–Kier alpha value is -2.09. The topological polar surface area (TPSA) is 21.6 Å². The molecule has 0 fully saturated rings. The van der Waals surface area contributed by atoms with Crippen molar-refractivity contribution in [2.45, 2.75) is 6.61 Å². The van der Waals surface area contributed by atoms with E-state index in [0.29, 0.717) is 6.61 Å². The van der Waals surface area contributed by atoms with Crippen molar-refractivity contribution in [3.8, 4) is 0 Å². The van der Waals surface area contributed by atoms with Gasteiger partial charge in [-0.05, 0) is 5.56 Å². The number of nitrogens with zero attached hydrogens (tertiary/aromatic N) is 1. The molecule has 2 heteroatoms. The van der Waals surface area contributed by atoms with Crippen LogP contribution in [0.25, 0.3) is 0 Å². The third-order valence-corrected chi connectivity index (χ3v) is 2.09. The van der Waals surface area contributed by atoms with Gasteiger partial charge in [-0.1, -0.05) is 65.8 Å². The van der Waals surface area contributed by atoms with Crippen LogP contribution in [0.1, 0.15) is 11.1 Å². The summed E-state index contributed by atoms with van der Waals surface area (Å²) < 4.78 is 0. The molecule has 2 rings (SSSR count). The predicted octanol–water partition coefficient (Wildman–Crippen LogP) is 3.11. The lowest BCUT2D eigenvalue weighted by atomic mass is 10.2. The van der Waals surface area contributed by atoms with E-state index in [4.69, 9.17) is 4.84 Å². The first-order valence-electron chi connectivity index (χ1n) is 5.12. The Morgan fingerprint density at radius 1 is 0.875 bits per heavy atom. The van der Waals surface area contributed by atoms with Gasteiger partial charge < -0.3 is 4.84 Å². The van der Waals surface area contributed by atoms with E-state index in [9.17, 15) is 0 Å². The van der Waals surface area contributed by atoms with Gasteiger partial charge >= 0.3 is 0 Å². The van der Waals surface area contributed by atoms with Gasteiger partial charge in [0.1, 0.15) is 12.8 Å². The molecule has 0 heterocycles. The van der Waals surface area contributed by atoms with Gasteiger partial charge in [-0.25, -0.2) is 0 Å². The van der Waals surface area contributed by atoms with E-state index in [1.54, 1.807) is 0 Å². The highest BCUT2D eigenvalue weighted by atomic mass is 16.6. The van der Waals surface area contributed by atoms with E-state index in [1.807, 2.05) is 60.7 Å². The number of benzene rings is 2. The maximum atomic E-state index is 5.14. The summed E-state index contributed by atoms with van der Waals surface area (Å²) in [7, 11) is 0. The summed E-state index contributed by atoms with van der Waals surface area (Å²) in [6, 6.07) is 19.6. The van der Waals surface area contributed by atoms with Gasteiger partial charge in [0.15, 0.2) is 0 Å². The van der Waals surface area contributed by atoms with Crippen molar-refractivity contribution in [1.29, 1.82) is 0 Å². The second-order valence-electron chi connectivity index (χ2n) is 3.33. The Balaban J connectivity index is 1.83. The molecule has 0 spiro atoms. The molecule has 2 aromatic carbocycles. The van der Waals surface area contributed by atoms with Crippen LogP contribution in [0.15, 0.2) is 65.8 Å². The zero-order chi connectivity index (χ0) is 11.1. The van der Waals surface area contributed by atoms with Crippen LogP contribution >= 0.6 is 0 Å². The first-order valence-corrected chi connectivity index (χ1v) is 5.12. The summed E-state index contributed by atoms with van der Waals surface area (Å²) >= 11 is 0. The molecule has 0 amide bonds. The summed E-state index contributed by atoms with van der Waals surface area (Å²) in [6.07, 6.45) is 2.82. The number of hydrogen-bond donors (Lipinski definition) is 0. The molecular formula is C14H12NO. The quantitative estimate of drug-likeness (QED) is 0.561. The molecule has 79 valence electrons. The molecule has 0 atom stereocenters. The van der Waals surface area contributed by atoms with Crippen molar-refractivity contribution in [2.75, 3.05) is 0 Å². The van der Waals surface area contributed by atoms with Crippen molar-refractivity contribution in [3.05, 3.63) is 71.8 Å². The summed E-state index contributed by atoms with van der Waals surface area (Å²) in [5.41, 5.74) is 2.01. The Morgan fingerprint density at radius 3 is 2.19 bits per heavy atom. The fourth-order valence-corrected chi connectivity index (χ4v) is 1.28. The molecule has 0 N–H and O–H groups in total. The summed E-state index contributed by atoms with van der Waals surface area (Å²) in [5, 5.41) is 3.79. The van der Waals surface area contributed by atoms with Crippen LogP contribution in [-0.4, -0.2) is 6.21 Å². The normalized spacial score (nSPS) is 10.5. The van der Waals surface area contributed by atoms with Crippen LogP contribution in [0.3, 0.4) is 0 Å². The fraction of sp³-hybridized carbons (Fsp3) is 0.0714. The van der Waals surface area contributed by atoms with Gasteiger partial charge in [0.05, 0.1) is 0 Å². The van der Waals surface area contributed by atoms with E-state index < -0.39 is 0 Å². The van der Waals surface area contributed by atoms with E-state index in [-0.39, 0.29) is 0 Å². The summed E-state index contributed by atoms with van der Waals surface area (Å²) in [5.74, 6) is 0. The Kier molecular flexibility index (Phi) is 3.72. The predicted molar refractivity (Wildman–Crippen MR) is 64.2 cm³/mol. The minimum Gasteiger partial charge on any atom is -0.390 e. The fourth-order valence-electron chi connectivity index (χ4n) is 1.28. The monoisotopic (exact) mass is 210 g/mol. The molecular weight excluding hydrogens is 198 g/mol. The van der Waals surface area contributed by atoms with Crippen molar-refractivity contribution in [1.82, 2.24) is 0 Å². The SMILES string of the molecule is [C](=N\OCc1ccccc1)/c1ccccc1. The Morgan fingerprint density at radius 2 is 1.50 bits per heavy atom. The van der Waals surface area contributed by atoms with Crippen molar-refractivity contribution in [2.24, 2.45) is 5.16 Å². The zero-order valence-electron chi connectivity index (χ0n) is 8.84. The highest BCUT2D eigenvalue weighted by molar-refractivity contribution is 5.78. The van der Waals surface area contributed by atoms with E-state index in [2.05, 4.69) is 11.4 Å². The second-order valence-corrected chi connectivity index (χ2v) is 3.33. The van der Waals surface area contributed by atoms with E-state index in [0.717, 1.165) is 11.1 Å². The van der Waals surface area contributed by atoms with Crippen LogP contribution in [0, 0.1) is 0 Å². The molecule has 0 saturated heterocycles. The number of rotatable bonds is 4. The third-order valence-electron chi connectivity index (χ3n) is 2.09. The molecule has 0 aliphatic carbocycles. The van der Waals surface area contributed by atoms with Gasteiger partial charge in [-0.15, -0.1) is 0 Å². The molecule has 0 unspecified atom stereocenters. The van der Waals surface area contributed by atoms with Crippen LogP contribution in [-0.2, 0) is 11.4 Å². The standard InChI is InChI=1S/C14H12NO/c1-3-7-13(8-4-1)11-15-16-12-14-9-5-2-6-10-14/h1-10H,12H2. The maximum absolute atomic E-state index is 5.14. The average Bonchev–Trinajstić information content (AvgIpc) is 2.37. The number of hydrogen-bond acceptors (Lipinski definition) is 2. The summed E-state index contributed by atoms with van der Waals surface area (Å²) in [6.45, 7) is 0.473. The van der Waals surface area contributed by atoms with E-state index in [1.165, 1.54) is 0 Å². The Labute approximate surface area is 95.2 Å². The Bertz CT molecular complexity index is 437. The lowest BCUT2D eigenvalue weighted by Gasteiger charge is -1.98. The minimum absolute atomic E-state index is 0.473. The molecule has 0 saturated carbocycles. The highest BCUT2D eigenvalue weighted by Crippen LogP contribution is 2.01. The molecule has 2 nitrogen and oxygen atoms in total. The first-order chi connectivity index (χ1) is 7.95. The lowest BCUT2D eigenvalue weighted by Crippen LogP contribution is -1.87. The molecule has 16 heavy (non-hydrogen) atoms. The van der Waals surface area contributed by atoms with Crippen LogP contribution in [0.2, 0.25) is 0 Å². The molecule has 1 radical (unpaired) electrons. The van der Waals surface area contributed by atoms with Crippen molar-refractivity contribution >= 4 is 6.21 Å². The minimum atomic E-state index is 0.473. The maximum Gasteiger partial charge on any atom is 0.142 e. The van der Waals surface area contributed by atoms with Gasteiger partial charge in [-0.3, -0.25) is 0 Å². The zero-order valence-corrected chi connectivity index (χ0v) is 8.84. The van der Waals surface area contributed by atoms with Gasteiger partial charge in [0.2, 0.25) is 0 Å². The van der Waals surface area contributed by atoms with Crippen LogP contribution in [0.4, 0.5) is 0 Å². The van der Waals surface area contributed by atoms with Gasteiger partial charge in [0.25, 0.3) is 0 Å². The smallest absolute Gasteiger partial charge is 0.142 e. The molecule has 0 bridgehead atoms. The van der Waals surface area contributed by atoms with Crippen LogP contribution < -0.4 is 0 Å². The van der Waals surface area contributed by atoms with Crippen molar-refractivity contribution in [3.63, 3.8) is 0 Å². The lowest BCUT2D eigenvalue weighted by molar-refractivity contribution is 0.132. The summed E-state index contributed by atoms with van der Waals surface area (Å²) in [4.78, 5) is 5.14. The third kappa shape index (κ3) is 3.24. The highest BCUT2D eigenvalue weighted by Gasteiger charge is 1.89. The molecule has 0 aliphatic rings. The first kappa shape index (κ1) is 10.4. The average molecular weight is 210 g/mol. The second kappa shape index (κ2) is 5.71. The van der Waals surface area contributed by atoms with Crippen molar-refractivity contribution < 1.29 is 4.84 Å². The molecule has 2 aromatic rings.